The lowest BCUT2D eigenvalue weighted by atomic mass is 9.87. The summed E-state index contributed by atoms with van der Waals surface area (Å²) in [6, 6.07) is 9.58. The summed E-state index contributed by atoms with van der Waals surface area (Å²) in [5, 5.41) is 0. The molecule has 0 amide bonds. The van der Waals surface area contributed by atoms with Crippen molar-refractivity contribution in [3.05, 3.63) is 35.9 Å². The van der Waals surface area contributed by atoms with Gasteiger partial charge in [0.05, 0.1) is 0 Å². The van der Waals surface area contributed by atoms with Gasteiger partial charge in [0.2, 0.25) is 0 Å². The zero-order valence-electron chi connectivity index (χ0n) is 31.6. The quantitative estimate of drug-likeness (QED) is 0.0568. The molecular weight excluding hydrogens is 597 g/mol. The smallest absolute Gasteiger partial charge is 0.274 e. The highest BCUT2D eigenvalue weighted by molar-refractivity contribution is 7.86. The first-order valence-corrected chi connectivity index (χ1v) is 22.4. The number of unbranched alkanes of at least 4 members (excludes halogenated alkanes) is 30. The molecule has 1 aromatic rings. The van der Waals surface area contributed by atoms with Crippen LogP contribution in [0.1, 0.15) is 238 Å². The van der Waals surface area contributed by atoms with Gasteiger partial charge in [-0.2, -0.15) is 8.42 Å². The lowest BCUT2D eigenvalue weighted by Crippen LogP contribution is -2.35. The van der Waals surface area contributed by atoms with E-state index in [9.17, 15) is 13.0 Å². The maximum atomic E-state index is 13.0. The fourth-order valence-corrected chi connectivity index (χ4v) is 8.72. The van der Waals surface area contributed by atoms with E-state index in [0.29, 0.717) is 12.8 Å². The Labute approximate surface area is 295 Å². The monoisotopic (exact) mass is 677 g/mol. The van der Waals surface area contributed by atoms with Gasteiger partial charge in [-0.15, -0.1) is 0 Å². The third kappa shape index (κ3) is 23.2. The molecule has 0 heterocycles. The van der Waals surface area contributed by atoms with Crippen LogP contribution in [-0.2, 0) is 14.9 Å². The van der Waals surface area contributed by atoms with E-state index in [1.807, 2.05) is 30.3 Å². The van der Waals surface area contributed by atoms with E-state index in [2.05, 4.69) is 13.8 Å². The molecule has 1 N–H and O–H groups in total. The molecule has 3 nitrogen and oxygen atoms in total. The summed E-state index contributed by atoms with van der Waals surface area (Å²) in [4.78, 5) is 0. The molecule has 276 valence electrons. The van der Waals surface area contributed by atoms with Gasteiger partial charge in [0.1, 0.15) is 4.75 Å². The molecule has 0 atom stereocenters. The molecule has 0 fully saturated rings. The molecule has 1 rings (SSSR count). The van der Waals surface area contributed by atoms with Crippen LogP contribution in [0.3, 0.4) is 0 Å². The van der Waals surface area contributed by atoms with Gasteiger partial charge >= 0.3 is 0 Å². The Morgan fingerprint density at radius 2 is 0.638 bits per heavy atom. The van der Waals surface area contributed by atoms with Crippen LogP contribution in [0.15, 0.2) is 30.3 Å². The van der Waals surface area contributed by atoms with E-state index in [1.54, 1.807) is 0 Å². The van der Waals surface area contributed by atoms with Crippen LogP contribution in [0.5, 0.6) is 0 Å². The van der Waals surface area contributed by atoms with Crippen LogP contribution in [0.4, 0.5) is 0 Å². The summed E-state index contributed by atoms with van der Waals surface area (Å²) in [5.41, 5.74) is 0.768. The summed E-state index contributed by atoms with van der Waals surface area (Å²) in [5.74, 6) is 0. The van der Waals surface area contributed by atoms with Gasteiger partial charge in [0.15, 0.2) is 0 Å². The molecule has 0 radical (unpaired) electrons. The topological polar surface area (TPSA) is 54.4 Å². The molecular formula is C43H80O3S. The summed E-state index contributed by atoms with van der Waals surface area (Å²) in [7, 11) is -4.22. The van der Waals surface area contributed by atoms with E-state index in [4.69, 9.17) is 0 Å². The van der Waals surface area contributed by atoms with Crippen molar-refractivity contribution in [2.24, 2.45) is 0 Å². The maximum Gasteiger partial charge on any atom is 0.274 e. The fraction of sp³-hybridized carbons (Fsp3) is 0.860. The molecule has 0 aliphatic rings. The van der Waals surface area contributed by atoms with Gasteiger partial charge < -0.3 is 0 Å². The van der Waals surface area contributed by atoms with Gasteiger partial charge in [0.25, 0.3) is 10.1 Å². The van der Waals surface area contributed by atoms with Crippen LogP contribution in [0.2, 0.25) is 0 Å². The Kier molecular flexibility index (Phi) is 29.2. The predicted octanol–water partition coefficient (Wildman–Crippen LogP) is 15.1. The minimum atomic E-state index is -4.22. The third-order valence-corrected chi connectivity index (χ3v) is 12.3. The molecule has 0 aromatic heterocycles. The summed E-state index contributed by atoms with van der Waals surface area (Å²) in [6.07, 6.45) is 42.7. The van der Waals surface area contributed by atoms with Crippen molar-refractivity contribution < 1.29 is 13.0 Å². The van der Waals surface area contributed by atoms with Crippen molar-refractivity contribution in [3.8, 4) is 0 Å². The summed E-state index contributed by atoms with van der Waals surface area (Å²) < 4.78 is 35.4. The molecule has 0 aliphatic carbocycles. The minimum absolute atomic E-state index is 0.521. The van der Waals surface area contributed by atoms with Crippen LogP contribution < -0.4 is 0 Å². The first-order chi connectivity index (χ1) is 23.0. The van der Waals surface area contributed by atoms with E-state index in [0.717, 1.165) is 44.1 Å². The zero-order valence-corrected chi connectivity index (χ0v) is 32.4. The lowest BCUT2D eigenvalue weighted by molar-refractivity contribution is 0.373. The molecule has 0 bridgehead atoms. The number of hydrogen-bond acceptors (Lipinski definition) is 2. The van der Waals surface area contributed by atoms with Crippen molar-refractivity contribution in [2.75, 3.05) is 0 Å². The number of benzene rings is 1. The first-order valence-electron chi connectivity index (χ1n) is 21.0. The zero-order chi connectivity index (χ0) is 34.2. The Morgan fingerprint density at radius 3 is 0.872 bits per heavy atom. The van der Waals surface area contributed by atoms with Gasteiger partial charge in [-0.05, 0) is 18.4 Å². The Morgan fingerprint density at radius 1 is 0.404 bits per heavy atom. The van der Waals surface area contributed by atoms with Gasteiger partial charge in [-0.3, -0.25) is 4.55 Å². The van der Waals surface area contributed by atoms with Gasteiger partial charge in [-0.25, -0.2) is 0 Å². The minimum Gasteiger partial charge on any atom is -0.285 e. The molecule has 0 spiro atoms. The maximum absolute atomic E-state index is 13.0. The van der Waals surface area contributed by atoms with E-state index in [1.165, 1.54) is 167 Å². The third-order valence-electron chi connectivity index (χ3n) is 10.7. The Bertz CT molecular complexity index is 846. The van der Waals surface area contributed by atoms with Crippen LogP contribution >= 0.6 is 0 Å². The second kappa shape index (κ2) is 31.1. The second-order valence-corrected chi connectivity index (χ2v) is 16.7. The molecule has 47 heavy (non-hydrogen) atoms. The first kappa shape index (κ1) is 44.2. The number of hydrogen-bond donors (Lipinski definition) is 1. The molecule has 0 saturated heterocycles. The Balaban J connectivity index is 2.24. The van der Waals surface area contributed by atoms with E-state index in [-0.39, 0.29) is 0 Å². The predicted molar refractivity (Wildman–Crippen MR) is 208 cm³/mol. The van der Waals surface area contributed by atoms with Crippen molar-refractivity contribution in [2.45, 2.75) is 237 Å². The molecule has 4 heteroatoms. The van der Waals surface area contributed by atoms with Crippen molar-refractivity contribution in [1.82, 2.24) is 0 Å². The standard InChI is InChI=1S/C43H80O3S/c1-3-5-7-9-11-13-15-17-19-21-23-25-27-29-31-36-40-43(47(44,45)46,42-38-34-33-35-39-42)41-37-32-30-28-26-24-22-20-18-16-14-12-10-8-6-4-2/h33-35,38-39H,3-32,36-37,40-41H2,1-2H3,(H,44,45,46). The van der Waals surface area contributed by atoms with Crippen molar-refractivity contribution in [1.29, 1.82) is 0 Å². The van der Waals surface area contributed by atoms with Crippen molar-refractivity contribution in [3.63, 3.8) is 0 Å². The largest absolute Gasteiger partial charge is 0.285 e. The summed E-state index contributed by atoms with van der Waals surface area (Å²) >= 11 is 0. The molecule has 0 aliphatic heterocycles. The highest BCUT2D eigenvalue weighted by atomic mass is 32.2. The average molecular weight is 677 g/mol. The molecule has 1 aromatic carbocycles. The average Bonchev–Trinajstić information content (AvgIpc) is 3.06. The fourth-order valence-electron chi connectivity index (χ4n) is 7.48. The van der Waals surface area contributed by atoms with Crippen LogP contribution in [-0.4, -0.2) is 13.0 Å². The Hall–Kier alpha value is -0.870. The lowest BCUT2D eigenvalue weighted by Gasteiger charge is -2.31. The molecule has 0 saturated carbocycles. The molecule has 0 unspecified atom stereocenters. The summed E-state index contributed by atoms with van der Waals surface area (Å²) in [6.45, 7) is 4.56. The normalized spacial score (nSPS) is 12.2. The number of rotatable bonds is 36. The highest BCUT2D eigenvalue weighted by Crippen LogP contribution is 2.40. The highest BCUT2D eigenvalue weighted by Gasteiger charge is 2.43. The van der Waals surface area contributed by atoms with Crippen LogP contribution in [0, 0.1) is 0 Å². The van der Waals surface area contributed by atoms with Crippen molar-refractivity contribution >= 4 is 10.1 Å². The van der Waals surface area contributed by atoms with Gasteiger partial charge in [-0.1, -0.05) is 250 Å². The van der Waals surface area contributed by atoms with Gasteiger partial charge in [0, 0.05) is 0 Å². The van der Waals surface area contributed by atoms with Crippen LogP contribution in [0.25, 0.3) is 0 Å². The SMILES string of the molecule is CCCCCCCCCCCCCCCCCCC(CCCCCCCCCCCCCCCCCC)(c1ccccc1)S(=O)(=O)O. The van der Waals surface area contributed by atoms with E-state index >= 15 is 0 Å². The second-order valence-electron chi connectivity index (χ2n) is 14.9. The van der Waals surface area contributed by atoms with E-state index < -0.39 is 14.9 Å².